The Bertz CT molecular complexity index is 1160. The van der Waals surface area contributed by atoms with Crippen LogP contribution >= 0.6 is 15.9 Å². The zero-order valence-electron chi connectivity index (χ0n) is 20.4. The summed E-state index contributed by atoms with van der Waals surface area (Å²) in [6, 6.07) is 16.2. The number of aromatic nitrogens is 2. The third-order valence-corrected chi connectivity index (χ3v) is 7.35. The lowest BCUT2D eigenvalue weighted by Crippen LogP contribution is -2.42. The highest BCUT2D eigenvalue weighted by atomic mass is 79.9. The molecule has 0 saturated carbocycles. The van der Waals surface area contributed by atoms with Crippen molar-refractivity contribution in [3.8, 4) is 11.4 Å². The quantitative estimate of drug-likeness (QED) is 0.453. The lowest BCUT2D eigenvalue weighted by molar-refractivity contribution is -0.127. The molecule has 0 radical (unpaired) electrons. The number of amides is 1. The molecule has 0 bridgehead atoms. The van der Waals surface area contributed by atoms with Gasteiger partial charge in [-0.3, -0.25) is 14.6 Å². The molecule has 1 aromatic heterocycles. The van der Waals surface area contributed by atoms with Crippen molar-refractivity contribution in [2.75, 3.05) is 39.4 Å². The summed E-state index contributed by atoms with van der Waals surface area (Å²) in [4.78, 5) is 22.3. The molecule has 1 amide bonds. The van der Waals surface area contributed by atoms with Gasteiger partial charge in [0.1, 0.15) is 0 Å². The molecule has 0 spiro atoms. The first-order valence-electron chi connectivity index (χ1n) is 12.6. The van der Waals surface area contributed by atoms with Crippen LogP contribution in [0.5, 0.6) is 0 Å². The fraction of sp³-hybridized carbons (Fsp3) is 0.444. The number of hydrogen-bond acceptors (Lipinski definition) is 7. The highest BCUT2D eigenvalue weighted by molar-refractivity contribution is 9.10. The van der Waals surface area contributed by atoms with E-state index in [2.05, 4.69) is 59.4 Å². The smallest absolute Gasteiger partial charge is 0.241 e. The molecule has 1 N–H and O–H groups in total. The third-order valence-electron chi connectivity index (χ3n) is 6.86. The number of nitrogens with zero attached hydrogens (tertiary/aromatic N) is 4. The average molecular weight is 554 g/mol. The number of halogens is 1. The average Bonchev–Trinajstić information content (AvgIpc) is 3.37. The number of nitrogens with one attached hydrogen (secondary N) is 1. The summed E-state index contributed by atoms with van der Waals surface area (Å²) in [5.41, 5.74) is 3.35. The standard InChI is InChI=1S/C27H32BrN5O3/c28-24-9-3-7-20(15-24)26-30-25(36-31-26)19-33-10-4-8-23(18-33)27(34)29-16-21-5-1-2-6-22(21)17-32-11-13-35-14-12-32/h1-3,5-7,9,15,23H,4,8,10-14,16-19H2,(H,29,34). The number of benzene rings is 2. The van der Waals surface area contributed by atoms with Crippen molar-refractivity contribution in [3.05, 3.63) is 70.0 Å². The topological polar surface area (TPSA) is 83.7 Å². The van der Waals surface area contributed by atoms with Gasteiger partial charge in [0.15, 0.2) is 0 Å². The van der Waals surface area contributed by atoms with E-state index in [1.54, 1.807) is 0 Å². The number of rotatable bonds is 8. The molecule has 1 unspecified atom stereocenters. The van der Waals surface area contributed by atoms with Gasteiger partial charge in [0.2, 0.25) is 17.6 Å². The Hall–Kier alpha value is -2.59. The monoisotopic (exact) mass is 553 g/mol. The van der Waals surface area contributed by atoms with Gasteiger partial charge >= 0.3 is 0 Å². The number of hydrogen-bond donors (Lipinski definition) is 1. The Morgan fingerprint density at radius 2 is 1.86 bits per heavy atom. The Balaban J connectivity index is 1.14. The maximum Gasteiger partial charge on any atom is 0.241 e. The summed E-state index contributed by atoms with van der Waals surface area (Å²) < 4.78 is 11.9. The number of likely N-dealkylation sites (tertiary alicyclic amines) is 1. The van der Waals surface area contributed by atoms with Gasteiger partial charge in [0.05, 0.1) is 25.7 Å². The molecule has 5 rings (SSSR count). The Labute approximate surface area is 220 Å². The van der Waals surface area contributed by atoms with E-state index >= 15 is 0 Å². The van der Waals surface area contributed by atoms with Gasteiger partial charge in [-0.1, -0.05) is 57.5 Å². The van der Waals surface area contributed by atoms with E-state index in [-0.39, 0.29) is 11.8 Å². The summed E-state index contributed by atoms with van der Waals surface area (Å²) >= 11 is 3.48. The minimum Gasteiger partial charge on any atom is -0.379 e. The normalized spacial score (nSPS) is 19.3. The first kappa shape index (κ1) is 25.1. The molecule has 2 aliphatic heterocycles. The molecule has 9 heteroatoms. The van der Waals surface area contributed by atoms with Crippen LogP contribution in [0.15, 0.2) is 57.5 Å². The van der Waals surface area contributed by atoms with Crippen molar-refractivity contribution in [1.29, 1.82) is 0 Å². The van der Waals surface area contributed by atoms with Gasteiger partial charge < -0.3 is 14.6 Å². The van der Waals surface area contributed by atoms with Crippen molar-refractivity contribution < 1.29 is 14.1 Å². The Kier molecular flexibility index (Phi) is 8.43. The molecule has 2 saturated heterocycles. The molecule has 2 fully saturated rings. The fourth-order valence-corrected chi connectivity index (χ4v) is 5.28. The van der Waals surface area contributed by atoms with E-state index in [9.17, 15) is 4.79 Å². The highest BCUT2D eigenvalue weighted by Gasteiger charge is 2.27. The zero-order chi connectivity index (χ0) is 24.7. The van der Waals surface area contributed by atoms with Crippen molar-refractivity contribution >= 4 is 21.8 Å². The van der Waals surface area contributed by atoms with Crippen LogP contribution in [0.2, 0.25) is 0 Å². The van der Waals surface area contributed by atoms with Crippen LogP contribution in [-0.2, 0) is 29.2 Å². The van der Waals surface area contributed by atoms with Crippen LogP contribution in [0.3, 0.4) is 0 Å². The van der Waals surface area contributed by atoms with Gasteiger partial charge in [0, 0.05) is 42.8 Å². The predicted octanol–water partition coefficient (Wildman–Crippen LogP) is 3.86. The molecule has 3 heterocycles. The zero-order valence-corrected chi connectivity index (χ0v) is 22.0. The molecule has 190 valence electrons. The van der Waals surface area contributed by atoms with E-state index in [1.807, 2.05) is 30.3 Å². The lowest BCUT2D eigenvalue weighted by Gasteiger charge is -2.31. The van der Waals surface area contributed by atoms with Gasteiger partial charge in [-0.15, -0.1) is 0 Å². The summed E-state index contributed by atoms with van der Waals surface area (Å²) in [6.07, 6.45) is 1.86. The first-order valence-corrected chi connectivity index (χ1v) is 13.4. The number of piperidine rings is 1. The van der Waals surface area contributed by atoms with Crippen LogP contribution in [-0.4, -0.2) is 65.2 Å². The number of morpholine rings is 1. The van der Waals surface area contributed by atoms with Gasteiger partial charge in [0.25, 0.3) is 0 Å². The van der Waals surface area contributed by atoms with E-state index in [0.29, 0.717) is 31.3 Å². The Morgan fingerprint density at radius 1 is 1.03 bits per heavy atom. The van der Waals surface area contributed by atoms with Crippen molar-refractivity contribution in [3.63, 3.8) is 0 Å². The van der Waals surface area contributed by atoms with Crippen molar-refractivity contribution in [1.82, 2.24) is 25.3 Å². The Morgan fingerprint density at radius 3 is 2.69 bits per heavy atom. The SMILES string of the molecule is O=C(NCc1ccccc1CN1CCOCC1)C1CCCN(Cc2nc(-c3cccc(Br)c3)no2)C1. The fourth-order valence-electron chi connectivity index (χ4n) is 4.88. The highest BCUT2D eigenvalue weighted by Crippen LogP contribution is 2.23. The second-order valence-corrected chi connectivity index (χ2v) is 10.4. The molecule has 3 aromatic rings. The maximum absolute atomic E-state index is 13.1. The third kappa shape index (κ3) is 6.59. The molecule has 8 nitrogen and oxygen atoms in total. The second kappa shape index (κ2) is 12.1. The van der Waals surface area contributed by atoms with Crippen LogP contribution in [0, 0.1) is 5.92 Å². The second-order valence-electron chi connectivity index (χ2n) is 9.47. The summed E-state index contributed by atoms with van der Waals surface area (Å²) in [5.74, 6) is 1.22. The van der Waals surface area contributed by atoms with Crippen molar-refractivity contribution in [2.45, 2.75) is 32.5 Å². The minimum absolute atomic E-state index is 0.0439. The van der Waals surface area contributed by atoms with Crippen LogP contribution in [0.4, 0.5) is 0 Å². The van der Waals surface area contributed by atoms with E-state index in [0.717, 1.165) is 62.3 Å². The molecule has 1 atom stereocenters. The summed E-state index contributed by atoms with van der Waals surface area (Å²) in [5, 5.41) is 7.33. The maximum atomic E-state index is 13.1. The van der Waals surface area contributed by atoms with E-state index in [1.165, 1.54) is 11.1 Å². The largest absolute Gasteiger partial charge is 0.379 e. The number of ether oxygens (including phenoxy) is 1. The molecule has 2 aromatic carbocycles. The molecule has 0 aliphatic carbocycles. The molecule has 36 heavy (non-hydrogen) atoms. The molecule has 2 aliphatic rings. The molecular formula is C27H32BrN5O3. The summed E-state index contributed by atoms with van der Waals surface area (Å²) in [6.45, 7) is 7.06. The minimum atomic E-state index is -0.0439. The predicted molar refractivity (Wildman–Crippen MR) is 140 cm³/mol. The lowest BCUT2D eigenvalue weighted by atomic mass is 9.97. The van der Waals surface area contributed by atoms with Crippen LogP contribution in [0.25, 0.3) is 11.4 Å². The number of carbonyl (C=O) groups is 1. The molecular weight excluding hydrogens is 522 g/mol. The summed E-state index contributed by atoms with van der Waals surface area (Å²) in [7, 11) is 0. The first-order chi connectivity index (χ1) is 17.6. The van der Waals surface area contributed by atoms with Gasteiger partial charge in [-0.2, -0.15) is 4.98 Å². The van der Waals surface area contributed by atoms with Gasteiger partial charge in [-0.05, 0) is 42.6 Å². The van der Waals surface area contributed by atoms with Crippen LogP contribution in [0.1, 0.15) is 29.9 Å². The van der Waals surface area contributed by atoms with Crippen LogP contribution < -0.4 is 5.32 Å². The van der Waals surface area contributed by atoms with E-state index < -0.39 is 0 Å². The van der Waals surface area contributed by atoms with Crippen molar-refractivity contribution in [2.24, 2.45) is 5.92 Å². The number of carbonyl (C=O) groups excluding carboxylic acids is 1. The van der Waals surface area contributed by atoms with Gasteiger partial charge in [-0.25, -0.2) is 0 Å². The van der Waals surface area contributed by atoms with E-state index in [4.69, 9.17) is 9.26 Å².